The monoisotopic (exact) mass is 292 g/mol. The minimum absolute atomic E-state index is 0.165. The molecule has 1 atom stereocenters. The van der Waals surface area contributed by atoms with Crippen molar-refractivity contribution in [3.05, 3.63) is 48.0 Å². The van der Waals surface area contributed by atoms with Gasteiger partial charge in [-0.1, -0.05) is 0 Å². The van der Waals surface area contributed by atoms with Gasteiger partial charge >= 0.3 is 102 Å². The number of fused-ring (bicyclic) bond motifs is 3. The molecular formula is C13H8O3Se. The summed E-state index contributed by atoms with van der Waals surface area (Å²) < 4.78 is 13.7. The van der Waals surface area contributed by atoms with Gasteiger partial charge in [-0.15, -0.1) is 0 Å². The van der Waals surface area contributed by atoms with Gasteiger partial charge in [0.25, 0.3) is 0 Å². The summed E-state index contributed by atoms with van der Waals surface area (Å²) in [5.41, 5.74) is 1.88. The zero-order valence-corrected chi connectivity index (χ0v) is 10.4. The molecule has 84 valence electrons. The summed E-state index contributed by atoms with van der Waals surface area (Å²) >= 11 is -2.42. The van der Waals surface area contributed by atoms with Gasteiger partial charge in [-0.2, -0.15) is 0 Å². The van der Waals surface area contributed by atoms with Crippen LogP contribution in [0.2, 0.25) is 0 Å². The first-order valence-electron chi connectivity index (χ1n) is 5.07. The van der Waals surface area contributed by atoms with Gasteiger partial charge in [0.15, 0.2) is 0 Å². The molecular weight excluding hydrogens is 283 g/mol. The molecule has 1 aliphatic rings. The van der Waals surface area contributed by atoms with E-state index in [0.717, 1.165) is 15.6 Å². The Balaban J connectivity index is 2.38. The molecule has 1 unspecified atom stereocenters. The molecule has 17 heavy (non-hydrogen) atoms. The van der Waals surface area contributed by atoms with Gasteiger partial charge in [0.05, 0.1) is 0 Å². The van der Waals surface area contributed by atoms with Crippen LogP contribution in [0.1, 0.15) is 10.4 Å². The van der Waals surface area contributed by atoms with Gasteiger partial charge in [0.1, 0.15) is 0 Å². The average molecular weight is 291 g/mol. The van der Waals surface area contributed by atoms with E-state index in [-0.39, 0.29) is 5.56 Å². The number of aromatic carboxylic acids is 1. The van der Waals surface area contributed by atoms with Crippen LogP contribution in [0.25, 0.3) is 11.1 Å². The molecule has 0 radical (unpaired) electrons. The predicted octanol–water partition coefficient (Wildman–Crippen LogP) is 0.901. The fourth-order valence-electron chi connectivity index (χ4n) is 2.08. The SMILES string of the molecule is O=C(O)c1cccc2c1[Se](=O)c1ccccc1-2. The molecule has 0 bridgehead atoms. The fraction of sp³-hybridized carbons (Fsp3) is 0. The number of carboxylic acids is 1. The predicted molar refractivity (Wildman–Crippen MR) is 64.5 cm³/mol. The van der Waals surface area contributed by atoms with E-state index >= 15 is 0 Å². The van der Waals surface area contributed by atoms with E-state index in [0.29, 0.717) is 4.46 Å². The van der Waals surface area contributed by atoms with Crippen LogP contribution in [0.4, 0.5) is 0 Å². The van der Waals surface area contributed by atoms with Crippen LogP contribution in [0.3, 0.4) is 0 Å². The first-order chi connectivity index (χ1) is 8.20. The molecule has 0 amide bonds. The van der Waals surface area contributed by atoms with Gasteiger partial charge in [0.2, 0.25) is 0 Å². The van der Waals surface area contributed by atoms with Crippen molar-refractivity contribution in [3.63, 3.8) is 0 Å². The van der Waals surface area contributed by atoms with Crippen molar-refractivity contribution < 1.29 is 13.7 Å². The Hall–Kier alpha value is -1.77. The summed E-state index contributed by atoms with van der Waals surface area (Å²) in [6.07, 6.45) is 0. The third-order valence-corrected chi connectivity index (χ3v) is 6.09. The zero-order valence-electron chi connectivity index (χ0n) is 8.71. The van der Waals surface area contributed by atoms with Crippen molar-refractivity contribution in [1.82, 2.24) is 0 Å². The van der Waals surface area contributed by atoms with Crippen molar-refractivity contribution >= 4 is 28.7 Å². The van der Waals surface area contributed by atoms with Crippen molar-refractivity contribution in [2.75, 3.05) is 0 Å². The minimum atomic E-state index is -2.42. The van der Waals surface area contributed by atoms with Crippen LogP contribution in [0, 0.1) is 0 Å². The van der Waals surface area contributed by atoms with E-state index in [1.165, 1.54) is 6.07 Å². The number of hydrogen-bond acceptors (Lipinski definition) is 2. The molecule has 4 heteroatoms. The van der Waals surface area contributed by atoms with Crippen LogP contribution in [0.5, 0.6) is 0 Å². The van der Waals surface area contributed by atoms with E-state index in [2.05, 4.69) is 0 Å². The molecule has 2 aromatic rings. The van der Waals surface area contributed by atoms with E-state index in [1.807, 2.05) is 30.3 Å². The van der Waals surface area contributed by atoms with Crippen molar-refractivity contribution in [3.8, 4) is 11.1 Å². The number of carbonyl (C=O) groups is 1. The first kappa shape index (κ1) is 10.4. The van der Waals surface area contributed by atoms with Gasteiger partial charge in [0, 0.05) is 0 Å². The molecule has 0 saturated heterocycles. The van der Waals surface area contributed by atoms with E-state index < -0.39 is 19.8 Å². The van der Waals surface area contributed by atoms with Crippen molar-refractivity contribution in [2.45, 2.75) is 0 Å². The summed E-state index contributed by atoms with van der Waals surface area (Å²) in [5, 5.41) is 9.13. The Morgan fingerprint density at radius 2 is 1.71 bits per heavy atom. The number of benzene rings is 2. The van der Waals surface area contributed by atoms with Crippen molar-refractivity contribution in [2.24, 2.45) is 0 Å². The quantitative estimate of drug-likeness (QED) is 0.678. The second kappa shape index (κ2) is 3.62. The maximum atomic E-state index is 12.4. The topological polar surface area (TPSA) is 54.4 Å². The fourth-order valence-corrected chi connectivity index (χ4v) is 5.29. The van der Waals surface area contributed by atoms with Crippen LogP contribution < -0.4 is 8.92 Å². The van der Waals surface area contributed by atoms with E-state index in [1.54, 1.807) is 6.07 Å². The summed E-state index contributed by atoms with van der Waals surface area (Å²) in [6, 6.07) is 12.5. The van der Waals surface area contributed by atoms with Crippen LogP contribution in [-0.2, 0) is 3.83 Å². The van der Waals surface area contributed by atoms with Gasteiger partial charge < -0.3 is 0 Å². The number of carboxylic acid groups (broad SMARTS) is 1. The third-order valence-electron chi connectivity index (χ3n) is 2.81. The normalized spacial score (nSPS) is 16.4. The summed E-state index contributed by atoms with van der Waals surface area (Å²) in [5.74, 6) is -1.01. The van der Waals surface area contributed by atoms with Crippen LogP contribution in [0.15, 0.2) is 42.5 Å². The van der Waals surface area contributed by atoms with E-state index in [9.17, 15) is 8.63 Å². The Morgan fingerprint density at radius 3 is 2.47 bits per heavy atom. The molecule has 3 nitrogen and oxygen atoms in total. The Bertz CT molecular complexity index is 661. The Labute approximate surface area is 102 Å². The van der Waals surface area contributed by atoms with Gasteiger partial charge in [-0.05, 0) is 0 Å². The zero-order chi connectivity index (χ0) is 12.0. The maximum absolute atomic E-state index is 12.4. The molecule has 2 aromatic carbocycles. The molecule has 0 spiro atoms. The Morgan fingerprint density at radius 1 is 1.00 bits per heavy atom. The van der Waals surface area contributed by atoms with Gasteiger partial charge in [-0.3, -0.25) is 0 Å². The molecule has 0 fully saturated rings. The standard InChI is InChI=1S/C13H8O3Se/c14-13(15)10-6-3-5-9-8-4-1-2-7-11(8)17(16)12(9)10/h1-7H,(H,14,15). The molecule has 0 aromatic heterocycles. The molecule has 0 saturated carbocycles. The third kappa shape index (κ3) is 1.38. The molecule has 1 heterocycles. The summed E-state index contributed by atoms with van der Waals surface area (Å²) in [6.45, 7) is 0. The molecule has 1 aliphatic heterocycles. The second-order valence-corrected chi connectivity index (χ2v) is 6.66. The summed E-state index contributed by atoms with van der Waals surface area (Å²) in [4.78, 5) is 11.1. The molecule has 3 rings (SSSR count). The molecule has 1 N–H and O–H groups in total. The van der Waals surface area contributed by atoms with Crippen LogP contribution >= 0.6 is 0 Å². The summed E-state index contributed by atoms with van der Waals surface area (Å²) in [7, 11) is 0. The Kier molecular flexibility index (Phi) is 2.21. The first-order valence-corrected chi connectivity index (χ1v) is 7.49. The molecule has 0 aliphatic carbocycles. The van der Waals surface area contributed by atoms with Gasteiger partial charge in [-0.25, -0.2) is 0 Å². The van der Waals surface area contributed by atoms with Crippen LogP contribution in [-0.4, -0.2) is 24.9 Å². The van der Waals surface area contributed by atoms with E-state index in [4.69, 9.17) is 5.11 Å². The number of hydrogen-bond donors (Lipinski definition) is 1. The van der Waals surface area contributed by atoms with Crippen molar-refractivity contribution in [1.29, 1.82) is 0 Å². The number of rotatable bonds is 1. The average Bonchev–Trinajstić information content (AvgIpc) is 2.64. The second-order valence-electron chi connectivity index (χ2n) is 3.75.